The second-order valence-corrected chi connectivity index (χ2v) is 4.52. The molecule has 0 aliphatic carbocycles. The second-order valence-electron chi connectivity index (χ2n) is 4.52. The van der Waals surface area contributed by atoms with E-state index in [1.165, 1.54) is 0 Å². The predicted molar refractivity (Wildman–Crippen MR) is 77.6 cm³/mol. The van der Waals surface area contributed by atoms with Crippen LogP contribution < -0.4 is 10.9 Å². The third kappa shape index (κ3) is 5.87. The molecule has 108 valence electrons. The van der Waals surface area contributed by atoms with Crippen LogP contribution in [0, 0.1) is 0 Å². The van der Waals surface area contributed by atoms with Crippen molar-refractivity contribution in [3.63, 3.8) is 0 Å². The van der Waals surface area contributed by atoms with Crippen LogP contribution in [0.4, 0.5) is 5.82 Å². The first kappa shape index (κ1) is 15.7. The Bertz CT molecular complexity index is 404. The Labute approximate surface area is 115 Å². The van der Waals surface area contributed by atoms with Crippen LogP contribution in [-0.4, -0.2) is 29.3 Å². The molecule has 0 radical (unpaired) electrons. The largest absolute Gasteiger partial charge is 0.381 e. The molecule has 0 aliphatic heterocycles. The molecule has 0 aliphatic rings. The van der Waals surface area contributed by atoms with Crippen molar-refractivity contribution in [1.29, 1.82) is 0 Å². The Morgan fingerprint density at radius 2 is 2.05 bits per heavy atom. The molecule has 0 unspecified atom stereocenters. The summed E-state index contributed by atoms with van der Waals surface area (Å²) in [5.74, 6) is 0.435. The first-order valence-corrected chi connectivity index (χ1v) is 7.16. The van der Waals surface area contributed by atoms with E-state index in [1.807, 2.05) is 6.92 Å². The number of anilines is 1. The van der Waals surface area contributed by atoms with Crippen molar-refractivity contribution in [3.8, 4) is 0 Å². The minimum absolute atomic E-state index is 0.0451. The van der Waals surface area contributed by atoms with Crippen LogP contribution >= 0.6 is 0 Å². The molecule has 0 fully saturated rings. The van der Waals surface area contributed by atoms with Crippen molar-refractivity contribution in [1.82, 2.24) is 9.55 Å². The lowest BCUT2D eigenvalue weighted by atomic mass is 10.3. The molecule has 0 amide bonds. The Hall–Kier alpha value is -1.36. The van der Waals surface area contributed by atoms with Gasteiger partial charge in [-0.2, -0.15) is 0 Å². The maximum Gasteiger partial charge on any atom is 0.293 e. The van der Waals surface area contributed by atoms with Crippen LogP contribution in [0.15, 0.2) is 17.2 Å². The van der Waals surface area contributed by atoms with Crippen molar-refractivity contribution in [2.75, 3.05) is 25.1 Å². The van der Waals surface area contributed by atoms with Gasteiger partial charge in [-0.05, 0) is 19.3 Å². The topological polar surface area (TPSA) is 56.1 Å². The smallest absolute Gasteiger partial charge is 0.293 e. The number of hydrogen-bond donors (Lipinski definition) is 1. The lowest BCUT2D eigenvalue weighted by Crippen LogP contribution is -2.24. The van der Waals surface area contributed by atoms with Gasteiger partial charge in [0, 0.05) is 38.7 Å². The summed E-state index contributed by atoms with van der Waals surface area (Å²) in [6.07, 6.45) is 7.47. The molecule has 1 aromatic rings. The number of aromatic nitrogens is 2. The lowest BCUT2D eigenvalue weighted by molar-refractivity contribution is 0.131. The van der Waals surface area contributed by atoms with Crippen molar-refractivity contribution in [3.05, 3.63) is 22.7 Å². The van der Waals surface area contributed by atoms with Gasteiger partial charge in [0.15, 0.2) is 5.82 Å². The van der Waals surface area contributed by atoms with Gasteiger partial charge in [0.05, 0.1) is 0 Å². The monoisotopic (exact) mass is 267 g/mol. The highest BCUT2D eigenvalue weighted by molar-refractivity contribution is 5.30. The Kier molecular flexibility index (Phi) is 7.89. The van der Waals surface area contributed by atoms with Crippen molar-refractivity contribution < 1.29 is 4.74 Å². The van der Waals surface area contributed by atoms with E-state index in [0.717, 1.165) is 45.4 Å². The molecule has 0 bridgehead atoms. The molecule has 0 saturated heterocycles. The number of hydrogen-bond acceptors (Lipinski definition) is 4. The first-order chi connectivity index (χ1) is 9.29. The quantitative estimate of drug-likeness (QED) is 0.661. The Morgan fingerprint density at radius 1 is 1.26 bits per heavy atom. The van der Waals surface area contributed by atoms with E-state index in [4.69, 9.17) is 4.74 Å². The summed E-state index contributed by atoms with van der Waals surface area (Å²) in [6, 6.07) is 0. The second kappa shape index (κ2) is 9.55. The summed E-state index contributed by atoms with van der Waals surface area (Å²) in [5, 5.41) is 3.08. The average molecular weight is 267 g/mol. The molecule has 1 N–H and O–H groups in total. The highest BCUT2D eigenvalue weighted by Crippen LogP contribution is 1.95. The zero-order valence-electron chi connectivity index (χ0n) is 12.0. The van der Waals surface area contributed by atoms with E-state index in [2.05, 4.69) is 17.2 Å². The molecule has 0 aromatic carbocycles. The fourth-order valence-corrected chi connectivity index (χ4v) is 1.72. The van der Waals surface area contributed by atoms with Gasteiger partial charge in [-0.1, -0.05) is 20.3 Å². The number of nitrogens with zero attached hydrogens (tertiary/aromatic N) is 2. The third-order valence-corrected chi connectivity index (χ3v) is 2.78. The van der Waals surface area contributed by atoms with Crippen molar-refractivity contribution in [2.24, 2.45) is 0 Å². The summed E-state index contributed by atoms with van der Waals surface area (Å²) in [7, 11) is 0. The van der Waals surface area contributed by atoms with Gasteiger partial charge < -0.3 is 14.6 Å². The van der Waals surface area contributed by atoms with Gasteiger partial charge in [0.2, 0.25) is 0 Å². The minimum atomic E-state index is -0.0451. The van der Waals surface area contributed by atoms with E-state index in [0.29, 0.717) is 12.4 Å². The van der Waals surface area contributed by atoms with E-state index < -0.39 is 0 Å². The highest BCUT2D eigenvalue weighted by Gasteiger charge is 2.02. The van der Waals surface area contributed by atoms with Crippen LogP contribution in [0.1, 0.15) is 39.5 Å². The standard InChI is InChI=1S/C14H25N3O2/c1-3-5-11-19-12-6-7-15-13-14(18)17(9-4-2)10-8-16-13/h8,10H,3-7,9,11-12H2,1-2H3,(H,15,16). The molecular weight excluding hydrogens is 242 g/mol. The van der Waals surface area contributed by atoms with Crippen LogP contribution in [-0.2, 0) is 11.3 Å². The van der Waals surface area contributed by atoms with Gasteiger partial charge in [-0.3, -0.25) is 4.79 Å². The predicted octanol–water partition coefficient (Wildman–Crippen LogP) is 2.27. The van der Waals surface area contributed by atoms with Gasteiger partial charge in [0.1, 0.15) is 0 Å². The molecule has 0 atom stereocenters. The van der Waals surface area contributed by atoms with E-state index in [1.54, 1.807) is 17.0 Å². The van der Waals surface area contributed by atoms with Crippen molar-refractivity contribution >= 4 is 5.82 Å². The van der Waals surface area contributed by atoms with Gasteiger partial charge >= 0.3 is 0 Å². The van der Waals surface area contributed by atoms with Crippen molar-refractivity contribution in [2.45, 2.75) is 46.1 Å². The summed E-state index contributed by atoms with van der Waals surface area (Å²) >= 11 is 0. The third-order valence-electron chi connectivity index (χ3n) is 2.78. The maximum absolute atomic E-state index is 12.0. The Morgan fingerprint density at radius 3 is 2.79 bits per heavy atom. The number of ether oxygens (including phenoxy) is 1. The maximum atomic E-state index is 12.0. The molecule has 19 heavy (non-hydrogen) atoms. The fourth-order valence-electron chi connectivity index (χ4n) is 1.72. The molecule has 5 nitrogen and oxygen atoms in total. The lowest BCUT2D eigenvalue weighted by Gasteiger charge is -2.08. The number of unbranched alkanes of at least 4 members (excludes halogenated alkanes) is 1. The van der Waals surface area contributed by atoms with Crippen LogP contribution in [0.25, 0.3) is 0 Å². The average Bonchev–Trinajstić information content (AvgIpc) is 2.42. The molecule has 1 aromatic heterocycles. The van der Waals surface area contributed by atoms with E-state index >= 15 is 0 Å². The summed E-state index contributed by atoms with van der Waals surface area (Å²) in [4.78, 5) is 16.1. The zero-order valence-corrected chi connectivity index (χ0v) is 12.0. The van der Waals surface area contributed by atoms with Gasteiger partial charge in [-0.15, -0.1) is 0 Å². The zero-order chi connectivity index (χ0) is 13.9. The molecule has 5 heteroatoms. The SMILES string of the molecule is CCCCOCCCNc1nccn(CCC)c1=O. The highest BCUT2D eigenvalue weighted by atomic mass is 16.5. The number of nitrogens with one attached hydrogen (secondary N) is 1. The van der Waals surface area contributed by atoms with Crippen LogP contribution in [0.5, 0.6) is 0 Å². The minimum Gasteiger partial charge on any atom is -0.381 e. The molecule has 1 rings (SSSR count). The molecule has 0 saturated carbocycles. The Balaban J connectivity index is 2.29. The number of aryl methyl sites for hydroxylation is 1. The van der Waals surface area contributed by atoms with E-state index in [-0.39, 0.29) is 5.56 Å². The van der Waals surface area contributed by atoms with Gasteiger partial charge in [-0.25, -0.2) is 4.98 Å². The van der Waals surface area contributed by atoms with Crippen LogP contribution in [0.2, 0.25) is 0 Å². The molecule has 0 spiro atoms. The normalized spacial score (nSPS) is 10.6. The molecule has 1 heterocycles. The summed E-state index contributed by atoms with van der Waals surface area (Å²) in [5.41, 5.74) is -0.0451. The van der Waals surface area contributed by atoms with Crippen LogP contribution in [0.3, 0.4) is 0 Å². The molecular formula is C14H25N3O2. The summed E-state index contributed by atoms with van der Waals surface area (Å²) in [6.45, 7) is 7.19. The van der Waals surface area contributed by atoms with Gasteiger partial charge in [0.25, 0.3) is 5.56 Å². The first-order valence-electron chi connectivity index (χ1n) is 7.16. The fraction of sp³-hybridized carbons (Fsp3) is 0.714. The van der Waals surface area contributed by atoms with E-state index in [9.17, 15) is 4.79 Å². The number of rotatable bonds is 10. The summed E-state index contributed by atoms with van der Waals surface area (Å²) < 4.78 is 7.15.